The minimum absolute atomic E-state index is 0.0269. The second-order valence-corrected chi connectivity index (χ2v) is 8.54. The molecule has 4 aromatic rings. The summed E-state index contributed by atoms with van der Waals surface area (Å²) in [7, 11) is 1.46. The first kappa shape index (κ1) is 23.2. The van der Waals surface area contributed by atoms with Gasteiger partial charge in [0.2, 0.25) is 6.41 Å². The van der Waals surface area contributed by atoms with E-state index in [1.807, 2.05) is 18.2 Å². The summed E-state index contributed by atoms with van der Waals surface area (Å²) in [5.41, 5.74) is 2.79. The van der Waals surface area contributed by atoms with Gasteiger partial charge >= 0.3 is 5.97 Å². The van der Waals surface area contributed by atoms with Crippen molar-refractivity contribution in [1.29, 1.82) is 0 Å². The Morgan fingerprint density at radius 2 is 1.91 bits per heavy atom. The minimum atomic E-state index is -1.16. The van der Waals surface area contributed by atoms with Crippen LogP contribution in [0.25, 0.3) is 21.8 Å². The summed E-state index contributed by atoms with van der Waals surface area (Å²) in [6, 6.07) is 19.2. The number of aromatic amines is 1. The maximum atomic E-state index is 12.9. The van der Waals surface area contributed by atoms with Gasteiger partial charge in [0.1, 0.15) is 12.1 Å². The van der Waals surface area contributed by atoms with E-state index in [0.29, 0.717) is 30.6 Å². The molecule has 0 unspecified atom stereocenters. The summed E-state index contributed by atoms with van der Waals surface area (Å²) in [5, 5.41) is 14.9. The van der Waals surface area contributed by atoms with Crippen LogP contribution in [-0.2, 0) is 27.4 Å². The summed E-state index contributed by atoms with van der Waals surface area (Å²) < 4.78 is 10.5. The summed E-state index contributed by atoms with van der Waals surface area (Å²) in [6.07, 6.45) is 2.35. The quantitative estimate of drug-likeness (QED) is 0.237. The second-order valence-electron chi connectivity index (χ2n) is 8.54. The molecule has 0 aliphatic rings. The minimum Gasteiger partial charge on any atom is -0.504 e. The monoisotopic (exact) mass is 460 g/mol. The molecule has 1 amide bonds. The Morgan fingerprint density at radius 3 is 2.68 bits per heavy atom. The number of methoxy groups -OCH3 is 1. The number of ether oxygens (including phenoxy) is 2. The topological polar surface area (TPSA) is 101 Å². The summed E-state index contributed by atoms with van der Waals surface area (Å²) in [6.45, 7) is 1.64. The lowest BCUT2D eigenvalue weighted by Gasteiger charge is -2.26. The van der Waals surface area contributed by atoms with Crippen LogP contribution in [0.4, 0.5) is 0 Å². The van der Waals surface area contributed by atoms with Crippen molar-refractivity contribution in [3.63, 3.8) is 0 Å². The number of benzene rings is 3. The molecule has 4 rings (SSSR count). The van der Waals surface area contributed by atoms with Crippen molar-refractivity contribution in [3.05, 3.63) is 71.8 Å². The van der Waals surface area contributed by atoms with Gasteiger partial charge in [-0.05, 0) is 55.5 Å². The SMILES string of the molecule is COc1ccc(COC(=O)[C@](C)(CCCc2cccc3c2[nH]c2ccccc23)NC=O)cc1O. The van der Waals surface area contributed by atoms with E-state index in [2.05, 4.69) is 34.6 Å². The van der Waals surface area contributed by atoms with Crippen molar-refractivity contribution in [1.82, 2.24) is 10.3 Å². The van der Waals surface area contributed by atoms with Crippen molar-refractivity contribution < 1.29 is 24.2 Å². The number of rotatable bonds is 10. The van der Waals surface area contributed by atoms with Gasteiger partial charge in [0, 0.05) is 21.8 Å². The molecule has 7 heteroatoms. The number of nitrogens with one attached hydrogen (secondary N) is 2. The average molecular weight is 461 g/mol. The van der Waals surface area contributed by atoms with Gasteiger partial charge in [-0.2, -0.15) is 0 Å². The Kier molecular flexibility index (Phi) is 6.72. The van der Waals surface area contributed by atoms with Crippen molar-refractivity contribution in [2.75, 3.05) is 7.11 Å². The number of aryl methyl sites for hydroxylation is 1. The standard InChI is InChI=1S/C27H28N2O5/c1-27(28-17-30,26(32)34-16-18-12-13-24(33-2)23(31)15-18)14-6-8-19-7-5-10-21-20-9-3-4-11-22(20)29-25(19)21/h3-5,7,9-13,15,17,29,31H,6,8,14,16H2,1-2H3,(H,28,30)/t27-/m0/s1. The predicted molar refractivity (Wildman–Crippen MR) is 131 cm³/mol. The lowest BCUT2D eigenvalue weighted by Crippen LogP contribution is -2.49. The average Bonchev–Trinajstić information content (AvgIpc) is 3.22. The van der Waals surface area contributed by atoms with E-state index in [1.54, 1.807) is 19.1 Å². The van der Waals surface area contributed by atoms with E-state index in [1.165, 1.54) is 23.9 Å². The number of phenols is 1. The Hall–Kier alpha value is -4.00. The van der Waals surface area contributed by atoms with Crippen LogP contribution in [0, 0.1) is 0 Å². The molecule has 176 valence electrons. The smallest absolute Gasteiger partial charge is 0.331 e. The van der Waals surface area contributed by atoms with Crippen molar-refractivity contribution in [2.24, 2.45) is 0 Å². The first-order valence-electron chi connectivity index (χ1n) is 11.2. The largest absolute Gasteiger partial charge is 0.504 e. The van der Waals surface area contributed by atoms with Gasteiger partial charge in [0.25, 0.3) is 0 Å². The van der Waals surface area contributed by atoms with Gasteiger partial charge in [0.15, 0.2) is 11.5 Å². The van der Waals surface area contributed by atoms with Crippen LogP contribution in [-0.4, -0.2) is 35.1 Å². The molecule has 34 heavy (non-hydrogen) atoms. The zero-order chi connectivity index (χ0) is 24.1. The molecule has 0 spiro atoms. The Morgan fingerprint density at radius 1 is 1.12 bits per heavy atom. The highest BCUT2D eigenvalue weighted by Crippen LogP contribution is 2.29. The molecule has 0 saturated heterocycles. The molecule has 0 radical (unpaired) electrons. The summed E-state index contributed by atoms with van der Waals surface area (Å²) >= 11 is 0. The number of phenolic OH excluding ortho intramolecular Hbond substituents is 1. The first-order chi connectivity index (χ1) is 16.4. The highest BCUT2D eigenvalue weighted by Gasteiger charge is 2.34. The molecule has 0 bridgehead atoms. The number of para-hydroxylation sites is 2. The molecule has 0 aliphatic heterocycles. The molecular formula is C27H28N2O5. The highest BCUT2D eigenvalue weighted by atomic mass is 16.5. The van der Waals surface area contributed by atoms with E-state index in [9.17, 15) is 14.7 Å². The third-order valence-electron chi connectivity index (χ3n) is 6.19. The fourth-order valence-electron chi connectivity index (χ4n) is 4.27. The molecule has 7 nitrogen and oxygen atoms in total. The van der Waals surface area contributed by atoms with Crippen LogP contribution >= 0.6 is 0 Å². The molecule has 0 saturated carbocycles. The highest BCUT2D eigenvalue weighted by molar-refractivity contribution is 6.08. The second kappa shape index (κ2) is 9.87. The van der Waals surface area contributed by atoms with Crippen molar-refractivity contribution >= 4 is 34.2 Å². The number of hydrogen-bond acceptors (Lipinski definition) is 5. The number of carbonyl (C=O) groups is 2. The van der Waals surface area contributed by atoms with Gasteiger partial charge in [-0.3, -0.25) is 4.79 Å². The van der Waals surface area contributed by atoms with Crippen LogP contribution in [0.5, 0.6) is 11.5 Å². The molecule has 0 aliphatic carbocycles. The number of amides is 1. The first-order valence-corrected chi connectivity index (χ1v) is 11.2. The normalized spacial score (nSPS) is 12.9. The van der Waals surface area contributed by atoms with Crippen LogP contribution < -0.4 is 10.1 Å². The van der Waals surface area contributed by atoms with Crippen LogP contribution in [0.1, 0.15) is 30.9 Å². The molecule has 0 fully saturated rings. The maximum Gasteiger partial charge on any atom is 0.331 e. The van der Waals surface area contributed by atoms with E-state index in [4.69, 9.17) is 9.47 Å². The third kappa shape index (κ3) is 4.69. The molecule has 1 atom stereocenters. The fourth-order valence-corrected chi connectivity index (χ4v) is 4.27. The Bertz CT molecular complexity index is 1330. The maximum absolute atomic E-state index is 12.9. The number of esters is 1. The Labute approximate surface area is 197 Å². The van der Waals surface area contributed by atoms with E-state index in [0.717, 1.165) is 23.0 Å². The van der Waals surface area contributed by atoms with Gasteiger partial charge in [-0.25, -0.2) is 4.79 Å². The molecule has 3 N–H and O–H groups in total. The Balaban J connectivity index is 1.42. The van der Waals surface area contributed by atoms with Crippen LogP contribution in [0.2, 0.25) is 0 Å². The van der Waals surface area contributed by atoms with Gasteiger partial charge in [-0.1, -0.05) is 42.5 Å². The van der Waals surface area contributed by atoms with E-state index < -0.39 is 11.5 Å². The molecule has 1 aromatic heterocycles. The van der Waals surface area contributed by atoms with Gasteiger partial charge in [-0.15, -0.1) is 0 Å². The number of hydrogen-bond donors (Lipinski definition) is 3. The zero-order valence-electron chi connectivity index (χ0n) is 19.3. The van der Waals surface area contributed by atoms with Gasteiger partial charge in [0.05, 0.1) is 7.11 Å². The molecule has 1 heterocycles. The third-order valence-corrected chi connectivity index (χ3v) is 6.19. The van der Waals surface area contributed by atoms with Crippen LogP contribution in [0.15, 0.2) is 60.7 Å². The van der Waals surface area contributed by atoms with Crippen molar-refractivity contribution in [2.45, 2.75) is 38.3 Å². The number of H-pyrrole nitrogens is 1. The molecule has 3 aromatic carbocycles. The summed E-state index contributed by atoms with van der Waals surface area (Å²) in [4.78, 5) is 27.6. The van der Waals surface area contributed by atoms with Crippen molar-refractivity contribution in [3.8, 4) is 11.5 Å². The van der Waals surface area contributed by atoms with E-state index in [-0.39, 0.29) is 12.4 Å². The number of fused-ring (bicyclic) bond motifs is 3. The fraction of sp³-hybridized carbons (Fsp3) is 0.259. The van der Waals surface area contributed by atoms with Crippen LogP contribution in [0.3, 0.4) is 0 Å². The summed E-state index contributed by atoms with van der Waals surface area (Å²) in [5.74, 6) is -0.220. The molecular weight excluding hydrogens is 432 g/mol. The number of carbonyl (C=O) groups excluding carboxylic acids is 2. The lowest BCUT2D eigenvalue weighted by atomic mass is 9.93. The number of aromatic nitrogens is 1. The van der Waals surface area contributed by atoms with Gasteiger partial charge < -0.3 is 24.9 Å². The number of aromatic hydroxyl groups is 1. The predicted octanol–water partition coefficient (Wildman–Crippen LogP) is 4.61. The lowest BCUT2D eigenvalue weighted by molar-refractivity contribution is -0.153. The van der Waals surface area contributed by atoms with E-state index >= 15 is 0 Å². The zero-order valence-corrected chi connectivity index (χ0v) is 19.3.